The molecule has 0 saturated carbocycles. The zero-order chi connectivity index (χ0) is 15.0. The Hall–Kier alpha value is -2.23. The lowest BCUT2D eigenvalue weighted by atomic mass is 10.0. The fourth-order valence-electron chi connectivity index (χ4n) is 2.71. The Morgan fingerprint density at radius 1 is 1.29 bits per heavy atom. The molecule has 21 heavy (non-hydrogen) atoms. The molecule has 1 aliphatic rings. The smallest absolute Gasteiger partial charge is 0.250 e. The normalized spacial score (nSPS) is 15.4. The Morgan fingerprint density at radius 2 is 2.10 bits per heavy atom. The van der Waals surface area contributed by atoms with E-state index in [0.717, 1.165) is 23.4 Å². The van der Waals surface area contributed by atoms with Crippen LogP contribution in [0, 0.1) is 0 Å². The van der Waals surface area contributed by atoms with Gasteiger partial charge in [-0.05, 0) is 25.5 Å². The van der Waals surface area contributed by atoms with Crippen molar-refractivity contribution < 1.29 is 4.74 Å². The summed E-state index contributed by atoms with van der Waals surface area (Å²) in [7, 11) is 1.75. The first-order chi connectivity index (χ1) is 9.94. The number of hydrogen-bond donors (Lipinski definition) is 1. The molecule has 0 bridgehead atoms. The van der Waals surface area contributed by atoms with Gasteiger partial charge in [-0.3, -0.25) is 4.79 Å². The van der Waals surface area contributed by atoms with Crippen molar-refractivity contribution in [2.75, 3.05) is 5.32 Å². The monoisotopic (exact) mass is 284 g/mol. The van der Waals surface area contributed by atoms with Gasteiger partial charge in [0.1, 0.15) is 11.4 Å². The van der Waals surface area contributed by atoms with Crippen molar-refractivity contribution in [3.63, 3.8) is 0 Å². The zero-order valence-corrected chi connectivity index (χ0v) is 12.6. The van der Waals surface area contributed by atoms with Crippen LogP contribution in [-0.4, -0.2) is 10.2 Å². The van der Waals surface area contributed by atoms with Crippen molar-refractivity contribution in [1.29, 1.82) is 0 Å². The number of benzene rings is 1. The molecule has 0 fully saturated rings. The minimum Gasteiger partial charge on any atom is -0.487 e. The SMILES string of the molecule is Cn1cc(NCc2cccc3c2OC(C)(C)C3)ccc1=O. The molecule has 0 radical (unpaired) electrons. The summed E-state index contributed by atoms with van der Waals surface area (Å²) in [6, 6.07) is 9.64. The number of para-hydroxylation sites is 1. The number of fused-ring (bicyclic) bond motifs is 1. The number of nitrogens with zero attached hydrogens (tertiary/aromatic N) is 1. The molecule has 0 atom stereocenters. The highest BCUT2D eigenvalue weighted by Gasteiger charge is 2.31. The first kappa shape index (κ1) is 13.7. The molecule has 1 aromatic carbocycles. The highest BCUT2D eigenvalue weighted by Crippen LogP contribution is 2.37. The Morgan fingerprint density at radius 3 is 2.86 bits per heavy atom. The summed E-state index contributed by atoms with van der Waals surface area (Å²) in [5, 5.41) is 3.35. The maximum atomic E-state index is 11.4. The van der Waals surface area contributed by atoms with Crippen LogP contribution < -0.4 is 15.6 Å². The standard InChI is InChI=1S/C17H20N2O2/c1-17(2)9-12-5-4-6-13(16(12)21-17)10-18-14-7-8-15(20)19(3)11-14/h4-8,11,18H,9-10H2,1-3H3. The number of aromatic nitrogens is 1. The highest BCUT2D eigenvalue weighted by molar-refractivity contribution is 5.48. The molecule has 0 unspecified atom stereocenters. The van der Waals surface area contributed by atoms with Crippen LogP contribution in [0.5, 0.6) is 5.75 Å². The zero-order valence-electron chi connectivity index (χ0n) is 12.6. The van der Waals surface area contributed by atoms with Crippen molar-refractivity contribution in [3.05, 3.63) is 58.0 Å². The average Bonchev–Trinajstić information content (AvgIpc) is 2.74. The summed E-state index contributed by atoms with van der Waals surface area (Å²) in [4.78, 5) is 11.4. The first-order valence-electron chi connectivity index (χ1n) is 7.15. The van der Waals surface area contributed by atoms with Gasteiger partial charge in [0.05, 0.1) is 5.69 Å². The molecule has 4 heteroatoms. The lowest BCUT2D eigenvalue weighted by Crippen LogP contribution is -2.25. The van der Waals surface area contributed by atoms with Crippen molar-refractivity contribution in [3.8, 4) is 5.75 Å². The van der Waals surface area contributed by atoms with Gasteiger partial charge in [-0.15, -0.1) is 0 Å². The van der Waals surface area contributed by atoms with E-state index in [4.69, 9.17) is 4.74 Å². The largest absolute Gasteiger partial charge is 0.487 e. The Bertz CT molecular complexity index is 732. The van der Waals surface area contributed by atoms with Crippen molar-refractivity contribution in [2.45, 2.75) is 32.4 Å². The van der Waals surface area contributed by atoms with Gasteiger partial charge in [0.15, 0.2) is 0 Å². The molecule has 1 aliphatic heterocycles. The number of pyridine rings is 1. The summed E-state index contributed by atoms with van der Waals surface area (Å²) in [5.41, 5.74) is 3.19. The maximum absolute atomic E-state index is 11.4. The van der Waals surface area contributed by atoms with Gasteiger partial charge in [-0.25, -0.2) is 0 Å². The quantitative estimate of drug-likeness (QED) is 0.942. The summed E-state index contributed by atoms with van der Waals surface area (Å²) in [5.74, 6) is 1.000. The third kappa shape index (κ3) is 2.79. The number of hydrogen-bond acceptors (Lipinski definition) is 3. The second-order valence-electron chi connectivity index (χ2n) is 6.16. The van der Waals surface area contributed by atoms with E-state index in [1.165, 1.54) is 5.56 Å². The van der Waals surface area contributed by atoms with Gasteiger partial charge in [-0.2, -0.15) is 0 Å². The van der Waals surface area contributed by atoms with Crippen molar-refractivity contribution >= 4 is 5.69 Å². The molecule has 2 aromatic rings. The Kier molecular flexibility index (Phi) is 3.24. The first-order valence-corrected chi connectivity index (χ1v) is 7.15. The summed E-state index contributed by atoms with van der Waals surface area (Å²) in [6.45, 7) is 4.89. The van der Waals surface area contributed by atoms with E-state index in [1.807, 2.05) is 0 Å². The van der Waals surface area contributed by atoms with E-state index in [1.54, 1.807) is 29.9 Å². The van der Waals surface area contributed by atoms with Crippen LogP contribution >= 0.6 is 0 Å². The van der Waals surface area contributed by atoms with Crippen molar-refractivity contribution in [1.82, 2.24) is 4.57 Å². The predicted octanol–water partition coefficient (Wildman–Crippen LogP) is 2.71. The fraction of sp³-hybridized carbons (Fsp3) is 0.353. The van der Waals surface area contributed by atoms with Gasteiger partial charge in [-0.1, -0.05) is 18.2 Å². The van der Waals surface area contributed by atoms with E-state index in [-0.39, 0.29) is 11.2 Å². The summed E-state index contributed by atoms with van der Waals surface area (Å²) in [6.07, 6.45) is 2.74. The number of rotatable bonds is 3. The minimum absolute atomic E-state index is 0.00812. The second kappa shape index (κ2) is 4.95. The molecule has 1 N–H and O–H groups in total. The van der Waals surface area contributed by atoms with Gasteiger partial charge in [0.2, 0.25) is 5.56 Å². The van der Waals surface area contributed by atoms with Crippen LogP contribution in [0.15, 0.2) is 41.3 Å². The molecular weight excluding hydrogens is 264 g/mol. The molecule has 4 nitrogen and oxygen atoms in total. The molecular formula is C17H20N2O2. The summed E-state index contributed by atoms with van der Waals surface area (Å²) >= 11 is 0. The maximum Gasteiger partial charge on any atom is 0.250 e. The molecule has 1 aromatic heterocycles. The van der Waals surface area contributed by atoms with Crippen molar-refractivity contribution in [2.24, 2.45) is 7.05 Å². The van der Waals surface area contributed by atoms with E-state index in [2.05, 4.69) is 37.4 Å². The molecule has 0 spiro atoms. The van der Waals surface area contributed by atoms with Crippen LogP contribution in [0.25, 0.3) is 0 Å². The number of ether oxygens (including phenoxy) is 1. The summed E-state index contributed by atoms with van der Waals surface area (Å²) < 4.78 is 7.63. The fourth-order valence-corrected chi connectivity index (χ4v) is 2.71. The third-order valence-electron chi connectivity index (χ3n) is 3.74. The predicted molar refractivity (Wildman–Crippen MR) is 83.9 cm³/mol. The van der Waals surface area contributed by atoms with Crippen LogP contribution in [0.3, 0.4) is 0 Å². The molecule has 110 valence electrons. The van der Waals surface area contributed by atoms with E-state index in [0.29, 0.717) is 6.54 Å². The topological polar surface area (TPSA) is 43.3 Å². The Balaban J connectivity index is 1.79. The molecule has 3 rings (SSSR count). The number of nitrogens with one attached hydrogen (secondary N) is 1. The Labute approximate surface area is 124 Å². The van der Waals surface area contributed by atoms with Crippen LogP contribution in [-0.2, 0) is 20.0 Å². The lowest BCUT2D eigenvalue weighted by molar-refractivity contribution is 0.137. The minimum atomic E-state index is -0.130. The second-order valence-corrected chi connectivity index (χ2v) is 6.16. The lowest BCUT2D eigenvalue weighted by Gasteiger charge is -2.18. The van der Waals surface area contributed by atoms with E-state index < -0.39 is 0 Å². The number of aryl methyl sites for hydroxylation is 1. The molecule has 2 heterocycles. The molecule has 0 saturated heterocycles. The molecule has 0 amide bonds. The van der Waals surface area contributed by atoms with Crippen LogP contribution in [0.1, 0.15) is 25.0 Å². The van der Waals surface area contributed by atoms with E-state index >= 15 is 0 Å². The number of anilines is 1. The molecule has 0 aliphatic carbocycles. The van der Waals surface area contributed by atoms with E-state index in [9.17, 15) is 4.79 Å². The van der Waals surface area contributed by atoms with Gasteiger partial charge in [0, 0.05) is 37.8 Å². The van der Waals surface area contributed by atoms with Gasteiger partial charge < -0.3 is 14.6 Å². The average molecular weight is 284 g/mol. The van der Waals surface area contributed by atoms with Crippen LogP contribution in [0.4, 0.5) is 5.69 Å². The third-order valence-corrected chi connectivity index (χ3v) is 3.74. The highest BCUT2D eigenvalue weighted by atomic mass is 16.5. The van der Waals surface area contributed by atoms with Gasteiger partial charge in [0.25, 0.3) is 0 Å². The van der Waals surface area contributed by atoms with Gasteiger partial charge >= 0.3 is 0 Å². The van der Waals surface area contributed by atoms with Crippen LogP contribution in [0.2, 0.25) is 0 Å².